The van der Waals surface area contributed by atoms with E-state index in [2.05, 4.69) is 0 Å². The van der Waals surface area contributed by atoms with Crippen LogP contribution in [0.1, 0.15) is 32.8 Å². The highest BCUT2D eigenvalue weighted by Gasteiger charge is 2.17. The van der Waals surface area contributed by atoms with E-state index in [9.17, 15) is 14.3 Å². The SMILES string of the molecule is CCN(C[C@H](C)O)C(=O)C[C@@H](C)Cc1cccc(F)c1. The van der Waals surface area contributed by atoms with E-state index in [0.717, 1.165) is 5.56 Å². The fourth-order valence-corrected chi connectivity index (χ4v) is 2.29. The Hall–Kier alpha value is -1.42. The third kappa shape index (κ3) is 5.70. The fourth-order valence-electron chi connectivity index (χ4n) is 2.29. The number of aliphatic hydroxyl groups is 1. The van der Waals surface area contributed by atoms with Gasteiger partial charge in [0.25, 0.3) is 0 Å². The summed E-state index contributed by atoms with van der Waals surface area (Å²) in [4.78, 5) is 13.8. The van der Waals surface area contributed by atoms with Crippen molar-refractivity contribution in [2.75, 3.05) is 13.1 Å². The molecule has 0 unspecified atom stereocenters. The smallest absolute Gasteiger partial charge is 0.222 e. The first-order valence-corrected chi connectivity index (χ1v) is 7.12. The quantitative estimate of drug-likeness (QED) is 0.834. The molecule has 0 aliphatic carbocycles. The zero-order chi connectivity index (χ0) is 15.1. The van der Waals surface area contributed by atoms with Gasteiger partial charge in [0.2, 0.25) is 5.91 Å². The molecule has 0 heterocycles. The minimum atomic E-state index is -0.516. The van der Waals surface area contributed by atoms with Crippen LogP contribution < -0.4 is 0 Å². The van der Waals surface area contributed by atoms with Crippen LogP contribution in [0.15, 0.2) is 24.3 Å². The molecule has 2 atom stereocenters. The van der Waals surface area contributed by atoms with E-state index in [-0.39, 0.29) is 17.6 Å². The monoisotopic (exact) mass is 281 g/mol. The van der Waals surface area contributed by atoms with Gasteiger partial charge in [-0.3, -0.25) is 4.79 Å². The molecule has 1 amide bonds. The number of nitrogens with zero attached hydrogens (tertiary/aromatic N) is 1. The maximum Gasteiger partial charge on any atom is 0.222 e. The highest BCUT2D eigenvalue weighted by atomic mass is 19.1. The Morgan fingerprint density at radius 3 is 2.65 bits per heavy atom. The molecule has 0 aliphatic rings. The molecular weight excluding hydrogens is 257 g/mol. The standard InChI is InChI=1S/C16H24FNO2/c1-4-18(11-13(3)19)16(20)9-12(2)8-14-6-5-7-15(17)10-14/h5-7,10,12-13,19H,4,8-9,11H2,1-3H3/t12-,13-/m0/s1. The molecule has 0 aliphatic heterocycles. The summed E-state index contributed by atoms with van der Waals surface area (Å²) in [7, 11) is 0. The summed E-state index contributed by atoms with van der Waals surface area (Å²) < 4.78 is 13.1. The van der Waals surface area contributed by atoms with Crippen LogP contribution in [0.2, 0.25) is 0 Å². The number of hydrogen-bond donors (Lipinski definition) is 1. The molecule has 112 valence electrons. The zero-order valence-electron chi connectivity index (χ0n) is 12.5. The van der Waals surface area contributed by atoms with E-state index < -0.39 is 6.10 Å². The van der Waals surface area contributed by atoms with E-state index in [1.165, 1.54) is 12.1 Å². The lowest BCUT2D eigenvalue weighted by molar-refractivity contribution is -0.133. The minimum Gasteiger partial charge on any atom is -0.392 e. The number of rotatable bonds is 7. The van der Waals surface area contributed by atoms with E-state index in [1.807, 2.05) is 19.9 Å². The number of amides is 1. The first-order chi connectivity index (χ1) is 9.42. The van der Waals surface area contributed by atoms with E-state index in [4.69, 9.17) is 0 Å². The molecule has 1 aromatic carbocycles. The predicted molar refractivity (Wildman–Crippen MR) is 77.8 cm³/mol. The van der Waals surface area contributed by atoms with Crippen LogP contribution >= 0.6 is 0 Å². The van der Waals surface area contributed by atoms with Crippen molar-refractivity contribution in [3.05, 3.63) is 35.6 Å². The van der Waals surface area contributed by atoms with Gasteiger partial charge in [0.05, 0.1) is 6.10 Å². The van der Waals surface area contributed by atoms with Gasteiger partial charge in [-0.2, -0.15) is 0 Å². The van der Waals surface area contributed by atoms with Crippen LogP contribution in [0.4, 0.5) is 4.39 Å². The van der Waals surface area contributed by atoms with Crippen molar-refractivity contribution in [3.8, 4) is 0 Å². The lowest BCUT2D eigenvalue weighted by Gasteiger charge is -2.24. The van der Waals surface area contributed by atoms with Crippen molar-refractivity contribution in [1.29, 1.82) is 0 Å². The molecule has 0 spiro atoms. The van der Waals surface area contributed by atoms with Gasteiger partial charge in [0.15, 0.2) is 0 Å². The van der Waals surface area contributed by atoms with Gasteiger partial charge in [-0.15, -0.1) is 0 Å². The topological polar surface area (TPSA) is 40.5 Å². The molecule has 1 N–H and O–H groups in total. The minimum absolute atomic E-state index is 0.0392. The Labute approximate surface area is 120 Å². The van der Waals surface area contributed by atoms with Crippen LogP contribution in [-0.4, -0.2) is 35.1 Å². The van der Waals surface area contributed by atoms with Gasteiger partial charge in [-0.05, 0) is 43.9 Å². The van der Waals surface area contributed by atoms with Crippen molar-refractivity contribution >= 4 is 5.91 Å². The number of likely N-dealkylation sites (N-methyl/N-ethyl adjacent to an activating group) is 1. The molecule has 4 heteroatoms. The average Bonchev–Trinajstić information content (AvgIpc) is 2.35. The Balaban J connectivity index is 2.52. The molecule has 1 aromatic rings. The average molecular weight is 281 g/mol. The van der Waals surface area contributed by atoms with Crippen LogP contribution in [-0.2, 0) is 11.2 Å². The van der Waals surface area contributed by atoms with Gasteiger partial charge in [0.1, 0.15) is 5.82 Å². The molecule has 0 aromatic heterocycles. The largest absolute Gasteiger partial charge is 0.392 e. The Morgan fingerprint density at radius 1 is 1.40 bits per heavy atom. The number of benzene rings is 1. The fraction of sp³-hybridized carbons (Fsp3) is 0.562. The molecule has 0 bridgehead atoms. The lowest BCUT2D eigenvalue weighted by Crippen LogP contribution is -2.37. The second-order valence-corrected chi connectivity index (χ2v) is 5.42. The first kappa shape index (κ1) is 16.6. The Bertz CT molecular complexity index is 434. The summed E-state index contributed by atoms with van der Waals surface area (Å²) >= 11 is 0. The van der Waals surface area contributed by atoms with Crippen molar-refractivity contribution in [3.63, 3.8) is 0 Å². The molecule has 0 fully saturated rings. The zero-order valence-corrected chi connectivity index (χ0v) is 12.5. The highest BCUT2D eigenvalue weighted by Crippen LogP contribution is 2.14. The van der Waals surface area contributed by atoms with E-state index in [0.29, 0.717) is 25.9 Å². The highest BCUT2D eigenvalue weighted by molar-refractivity contribution is 5.76. The summed E-state index contributed by atoms with van der Waals surface area (Å²) in [5.41, 5.74) is 0.906. The third-order valence-corrected chi connectivity index (χ3v) is 3.22. The number of halogens is 1. The molecule has 0 radical (unpaired) electrons. The van der Waals surface area contributed by atoms with Gasteiger partial charge >= 0.3 is 0 Å². The third-order valence-electron chi connectivity index (χ3n) is 3.22. The lowest BCUT2D eigenvalue weighted by atomic mass is 9.97. The number of carbonyl (C=O) groups excluding carboxylic acids is 1. The second kappa shape index (κ2) is 8.00. The van der Waals surface area contributed by atoms with Crippen molar-refractivity contribution < 1.29 is 14.3 Å². The predicted octanol–water partition coefficient (Wildman–Crippen LogP) is 2.62. The normalized spacial score (nSPS) is 13.8. The van der Waals surface area contributed by atoms with E-state index >= 15 is 0 Å². The number of hydrogen-bond acceptors (Lipinski definition) is 2. The van der Waals surface area contributed by atoms with Crippen LogP contribution in [0, 0.1) is 11.7 Å². The summed E-state index contributed by atoms with van der Waals surface area (Å²) in [6.45, 7) is 6.51. The summed E-state index contributed by atoms with van der Waals surface area (Å²) in [5, 5.41) is 9.37. The maximum absolute atomic E-state index is 13.1. The van der Waals surface area contributed by atoms with Crippen LogP contribution in [0.5, 0.6) is 0 Å². The maximum atomic E-state index is 13.1. The summed E-state index contributed by atoms with van der Waals surface area (Å²) in [6, 6.07) is 6.48. The summed E-state index contributed by atoms with van der Waals surface area (Å²) in [6.07, 6.45) is 0.574. The van der Waals surface area contributed by atoms with E-state index in [1.54, 1.807) is 17.9 Å². The molecule has 0 saturated carbocycles. The van der Waals surface area contributed by atoms with Crippen molar-refractivity contribution in [2.24, 2.45) is 5.92 Å². The molecular formula is C16H24FNO2. The number of aliphatic hydroxyl groups excluding tert-OH is 1. The Kier molecular flexibility index (Phi) is 6.65. The van der Waals surface area contributed by atoms with Crippen molar-refractivity contribution in [1.82, 2.24) is 4.90 Å². The van der Waals surface area contributed by atoms with Crippen LogP contribution in [0.3, 0.4) is 0 Å². The molecule has 1 rings (SSSR count). The first-order valence-electron chi connectivity index (χ1n) is 7.12. The number of carbonyl (C=O) groups is 1. The molecule has 3 nitrogen and oxygen atoms in total. The summed E-state index contributed by atoms with van der Waals surface area (Å²) in [5.74, 6) is -0.0602. The van der Waals surface area contributed by atoms with Gasteiger partial charge in [-0.1, -0.05) is 19.1 Å². The molecule has 0 saturated heterocycles. The van der Waals surface area contributed by atoms with Gasteiger partial charge in [0, 0.05) is 19.5 Å². The van der Waals surface area contributed by atoms with Crippen molar-refractivity contribution in [2.45, 2.75) is 39.7 Å². The van der Waals surface area contributed by atoms with Gasteiger partial charge in [-0.25, -0.2) is 4.39 Å². The molecule has 20 heavy (non-hydrogen) atoms. The Morgan fingerprint density at radius 2 is 2.10 bits per heavy atom. The second-order valence-electron chi connectivity index (χ2n) is 5.42. The van der Waals surface area contributed by atoms with Gasteiger partial charge < -0.3 is 10.0 Å². The van der Waals surface area contributed by atoms with Crippen LogP contribution in [0.25, 0.3) is 0 Å².